The number of aromatic carboxylic acids is 1. The van der Waals surface area contributed by atoms with Crippen molar-refractivity contribution in [3.8, 4) is 16.9 Å². The van der Waals surface area contributed by atoms with Gasteiger partial charge in [0.1, 0.15) is 5.75 Å². The van der Waals surface area contributed by atoms with E-state index in [-0.39, 0.29) is 11.5 Å². The number of carbonyl (C=O) groups excluding carboxylic acids is 1. The molecule has 0 spiro atoms. The second-order valence-electron chi connectivity index (χ2n) is 4.91. The lowest BCUT2D eigenvalue weighted by Crippen LogP contribution is -2.03. The van der Waals surface area contributed by atoms with Gasteiger partial charge in [0.05, 0.1) is 5.56 Å². The molecule has 21 heavy (non-hydrogen) atoms. The summed E-state index contributed by atoms with van der Waals surface area (Å²) < 4.78 is 5.15. The highest BCUT2D eigenvalue weighted by Crippen LogP contribution is 2.30. The first kappa shape index (κ1) is 14.8. The molecule has 108 valence electrons. The highest BCUT2D eigenvalue weighted by atomic mass is 16.5. The lowest BCUT2D eigenvalue weighted by atomic mass is 9.97. The van der Waals surface area contributed by atoms with E-state index in [1.807, 2.05) is 26.0 Å². The number of benzene rings is 2. The van der Waals surface area contributed by atoms with Crippen LogP contribution in [0.2, 0.25) is 0 Å². The van der Waals surface area contributed by atoms with Gasteiger partial charge in [-0.3, -0.25) is 4.79 Å². The van der Waals surface area contributed by atoms with Crippen molar-refractivity contribution < 1.29 is 19.4 Å². The summed E-state index contributed by atoms with van der Waals surface area (Å²) in [5, 5.41) is 8.92. The third-order valence-corrected chi connectivity index (χ3v) is 3.22. The first-order valence-electron chi connectivity index (χ1n) is 6.52. The number of carboxylic acid groups (broad SMARTS) is 1. The van der Waals surface area contributed by atoms with Gasteiger partial charge in [0.25, 0.3) is 0 Å². The molecule has 2 aromatic carbocycles. The monoisotopic (exact) mass is 284 g/mol. The van der Waals surface area contributed by atoms with E-state index in [0.29, 0.717) is 5.75 Å². The number of ether oxygens (including phenoxy) is 1. The quantitative estimate of drug-likeness (QED) is 0.691. The molecular weight excluding hydrogens is 268 g/mol. The largest absolute Gasteiger partial charge is 0.478 e. The maximum atomic E-state index is 11.1. The zero-order valence-corrected chi connectivity index (χ0v) is 12.1. The Morgan fingerprint density at radius 2 is 1.62 bits per heavy atom. The van der Waals surface area contributed by atoms with Gasteiger partial charge in [-0.25, -0.2) is 4.79 Å². The summed E-state index contributed by atoms with van der Waals surface area (Å²) in [7, 11) is 0. The van der Waals surface area contributed by atoms with Gasteiger partial charge >= 0.3 is 11.9 Å². The zero-order valence-electron chi connectivity index (χ0n) is 12.1. The second kappa shape index (κ2) is 5.79. The Morgan fingerprint density at radius 3 is 2.14 bits per heavy atom. The first-order chi connectivity index (χ1) is 9.88. The molecule has 0 aliphatic carbocycles. The predicted molar refractivity (Wildman–Crippen MR) is 79.6 cm³/mol. The first-order valence-corrected chi connectivity index (χ1v) is 6.52. The molecule has 1 N–H and O–H groups in total. The predicted octanol–water partition coefficient (Wildman–Crippen LogP) is 3.59. The molecule has 2 rings (SSSR count). The summed E-state index contributed by atoms with van der Waals surface area (Å²) in [4.78, 5) is 21.9. The van der Waals surface area contributed by atoms with Gasteiger partial charge in [-0.05, 0) is 60.4 Å². The topological polar surface area (TPSA) is 63.6 Å². The van der Waals surface area contributed by atoms with Crippen molar-refractivity contribution in [2.45, 2.75) is 20.8 Å². The molecule has 0 heterocycles. The van der Waals surface area contributed by atoms with Crippen LogP contribution in [0, 0.1) is 13.8 Å². The molecular formula is C17H16O4. The van der Waals surface area contributed by atoms with E-state index in [9.17, 15) is 9.59 Å². The van der Waals surface area contributed by atoms with Gasteiger partial charge in [0.2, 0.25) is 0 Å². The maximum Gasteiger partial charge on any atom is 0.335 e. The van der Waals surface area contributed by atoms with E-state index >= 15 is 0 Å². The van der Waals surface area contributed by atoms with Crippen LogP contribution in [0.4, 0.5) is 0 Å². The highest BCUT2D eigenvalue weighted by Gasteiger charge is 2.10. The Bertz CT molecular complexity index is 699. The van der Waals surface area contributed by atoms with Crippen molar-refractivity contribution in [1.29, 1.82) is 0 Å². The molecule has 0 aromatic heterocycles. The Balaban J connectivity index is 2.42. The molecule has 0 saturated carbocycles. The molecule has 2 aromatic rings. The van der Waals surface area contributed by atoms with E-state index in [4.69, 9.17) is 9.84 Å². The molecule has 0 atom stereocenters. The normalized spacial score (nSPS) is 10.2. The van der Waals surface area contributed by atoms with Crippen LogP contribution in [-0.2, 0) is 4.79 Å². The van der Waals surface area contributed by atoms with E-state index in [2.05, 4.69) is 0 Å². The van der Waals surface area contributed by atoms with Crippen molar-refractivity contribution in [3.63, 3.8) is 0 Å². The fourth-order valence-corrected chi connectivity index (χ4v) is 2.16. The molecule has 4 nitrogen and oxygen atoms in total. The van der Waals surface area contributed by atoms with Gasteiger partial charge in [-0.1, -0.05) is 12.1 Å². The summed E-state index contributed by atoms with van der Waals surface area (Å²) >= 11 is 0. The summed E-state index contributed by atoms with van der Waals surface area (Å²) in [6, 6.07) is 10.5. The van der Waals surface area contributed by atoms with Crippen LogP contribution >= 0.6 is 0 Å². The molecule has 4 heteroatoms. The summed E-state index contributed by atoms with van der Waals surface area (Å²) in [6.07, 6.45) is 0. The standard InChI is InChI=1S/C17H16O4/c1-10-9-16(21-12(3)18)11(2)8-15(10)13-4-6-14(7-5-13)17(19)20/h4-9H,1-3H3,(H,19,20). The number of hydrogen-bond donors (Lipinski definition) is 1. The van der Waals surface area contributed by atoms with Crippen LogP contribution in [0.15, 0.2) is 36.4 Å². The van der Waals surface area contributed by atoms with E-state index in [1.165, 1.54) is 6.92 Å². The minimum atomic E-state index is -0.945. The fourth-order valence-electron chi connectivity index (χ4n) is 2.16. The van der Waals surface area contributed by atoms with E-state index < -0.39 is 5.97 Å². The van der Waals surface area contributed by atoms with Crippen LogP contribution in [-0.4, -0.2) is 17.0 Å². The number of esters is 1. The van der Waals surface area contributed by atoms with Crippen LogP contribution in [0.1, 0.15) is 28.4 Å². The molecule has 0 fully saturated rings. The minimum Gasteiger partial charge on any atom is -0.478 e. The summed E-state index contributed by atoms with van der Waals surface area (Å²) in [5.74, 6) is -0.748. The molecule has 0 bridgehead atoms. The van der Waals surface area contributed by atoms with Crippen LogP contribution < -0.4 is 4.74 Å². The Labute approximate surface area is 123 Å². The number of hydrogen-bond acceptors (Lipinski definition) is 3. The molecule has 0 amide bonds. The minimum absolute atomic E-state index is 0.254. The SMILES string of the molecule is CC(=O)Oc1cc(C)c(-c2ccc(C(=O)O)cc2)cc1C. The van der Waals surface area contributed by atoms with E-state index in [1.54, 1.807) is 24.3 Å². The van der Waals surface area contributed by atoms with E-state index in [0.717, 1.165) is 22.3 Å². The van der Waals surface area contributed by atoms with Crippen molar-refractivity contribution in [1.82, 2.24) is 0 Å². The highest BCUT2D eigenvalue weighted by molar-refractivity contribution is 5.88. The second-order valence-corrected chi connectivity index (χ2v) is 4.91. The van der Waals surface area contributed by atoms with Crippen molar-refractivity contribution in [2.24, 2.45) is 0 Å². The average Bonchev–Trinajstić information content (AvgIpc) is 2.42. The van der Waals surface area contributed by atoms with Crippen molar-refractivity contribution in [2.75, 3.05) is 0 Å². The molecule has 0 unspecified atom stereocenters. The third-order valence-electron chi connectivity index (χ3n) is 3.22. The van der Waals surface area contributed by atoms with Crippen molar-refractivity contribution >= 4 is 11.9 Å². The lowest BCUT2D eigenvalue weighted by Gasteiger charge is -2.12. The Hall–Kier alpha value is -2.62. The Morgan fingerprint density at radius 1 is 1.00 bits per heavy atom. The van der Waals surface area contributed by atoms with Gasteiger partial charge < -0.3 is 9.84 Å². The summed E-state index contributed by atoms with van der Waals surface area (Å²) in [5.41, 5.74) is 3.98. The maximum absolute atomic E-state index is 11.1. The third kappa shape index (κ3) is 3.28. The zero-order chi connectivity index (χ0) is 15.6. The fraction of sp³-hybridized carbons (Fsp3) is 0.176. The average molecular weight is 284 g/mol. The number of carbonyl (C=O) groups is 2. The molecule has 0 saturated heterocycles. The molecule has 0 radical (unpaired) electrons. The summed E-state index contributed by atoms with van der Waals surface area (Å²) in [6.45, 7) is 5.16. The number of aryl methyl sites for hydroxylation is 2. The van der Waals surface area contributed by atoms with Gasteiger partial charge in [-0.15, -0.1) is 0 Å². The number of rotatable bonds is 3. The van der Waals surface area contributed by atoms with Crippen LogP contribution in [0.5, 0.6) is 5.75 Å². The number of carboxylic acids is 1. The van der Waals surface area contributed by atoms with Gasteiger partial charge in [-0.2, -0.15) is 0 Å². The molecule has 0 aliphatic heterocycles. The Kier molecular flexibility index (Phi) is 4.08. The lowest BCUT2D eigenvalue weighted by molar-refractivity contribution is -0.131. The van der Waals surface area contributed by atoms with Crippen molar-refractivity contribution in [3.05, 3.63) is 53.1 Å². The smallest absolute Gasteiger partial charge is 0.335 e. The molecule has 0 aliphatic rings. The van der Waals surface area contributed by atoms with Gasteiger partial charge in [0, 0.05) is 6.92 Å². The van der Waals surface area contributed by atoms with Crippen LogP contribution in [0.25, 0.3) is 11.1 Å². The van der Waals surface area contributed by atoms with Crippen LogP contribution in [0.3, 0.4) is 0 Å². The van der Waals surface area contributed by atoms with Gasteiger partial charge in [0.15, 0.2) is 0 Å².